The number of carbonyl (C=O) groups excluding carboxylic acids is 1. The zero-order chi connectivity index (χ0) is 17.9. The van der Waals surface area contributed by atoms with E-state index >= 15 is 0 Å². The van der Waals surface area contributed by atoms with Gasteiger partial charge in [-0.25, -0.2) is 4.39 Å². The Bertz CT molecular complexity index is 920. The average Bonchev–Trinajstić information content (AvgIpc) is 3.15. The van der Waals surface area contributed by atoms with Crippen LogP contribution in [0.15, 0.2) is 65.1 Å². The zero-order valence-electron chi connectivity index (χ0n) is 13.9. The molecule has 4 rings (SSSR count). The van der Waals surface area contributed by atoms with E-state index in [4.69, 9.17) is 13.9 Å². The van der Waals surface area contributed by atoms with Crippen molar-refractivity contribution in [2.75, 3.05) is 18.1 Å². The second kappa shape index (κ2) is 6.92. The van der Waals surface area contributed by atoms with E-state index in [1.807, 2.05) is 24.3 Å². The molecule has 0 saturated heterocycles. The van der Waals surface area contributed by atoms with Crippen molar-refractivity contribution in [3.63, 3.8) is 0 Å². The normalized spacial score (nSPS) is 13.0. The number of nitrogens with zero attached hydrogens (tertiary/aromatic N) is 1. The Morgan fingerprint density at radius 3 is 2.73 bits per heavy atom. The summed E-state index contributed by atoms with van der Waals surface area (Å²) in [5.41, 5.74) is 0.726. The molecule has 0 saturated carbocycles. The lowest BCUT2D eigenvalue weighted by molar-refractivity contribution is 0.0946. The van der Waals surface area contributed by atoms with Gasteiger partial charge in [-0.05, 0) is 48.5 Å². The van der Waals surface area contributed by atoms with E-state index in [9.17, 15) is 9.18 Å². The molecular weight excluding hydrogens is 337 g/mol. The number of amides is 1. The van der Waals surface area contributed by atoms with E-state index in [0.717, 1.165) is 5.69 Å². The van der Waals surface area contributed by atoms with Gasteiger partial charge in [-0.3, -0.25) is 9.69 Å². The zero-order valence-corrected chi connectivity index (χ0v) is 13.9. The van der Waals surface area contributed by atoms with Gasteiger partial charge in [0.1, 0.15) is 36.3 Å². The number of furan rings is 1. The molecule has 0 atom stereocenters. The number of hydrogen-bond acceptors (Lipinski definition) is 4. The van der Waals surface area contributed by atoms with Crippen molar-refractivity contribution in [1.29, 1.82) is 0 Å². The van der Waals surface area contributed by atoms with Crippen molar-refractivity contribution < 1.29 is 23.1 Å². The van der Waals surface area contributed by atoms with Crippen molar-refractivity contribution in [3.05, 3.63) is 78.0 Å². The first-order valence-electron chi connectivity index (χ1n) is 8.21. The molecule has 0 bridgehead atoms. The quantitative estimate of drug-likeness (QED) is 0.710. The highest BCUT2D eigenvalue weighted by molar-refractivity contribution is 6.05. The van der Waals surface area contributed by atoms with Crippen molar-refractivity contribution >= 4 is 11.6 Å². The second-order valence-electron chi connectivity index (χ2n) is 5.78. The first-order valence-corrected chi connectivity index (χ1v) is 8.21. The predicted octanol–water partition coefficient (Wildman–Crippen LogP) is 4.04. The van der Waals surface area contributed by atoms with Gasteiger partial charge in [0.05, 0.1) is 12.2 Å². The van der Waals surface area contributed by atoms with Gasteiger partial charge in [0.2, 0.25) is 0 Å². The first kappa shape index (κ1) is 16.2. The lowest BCUT2D eigenvalue weighted by Gasteiger charge is -2.28. The maximum absolute atomic E-state index is 12.9. The van der Waals surface area contributed by atoms with Crippen LogP contribution in [0.25, 0.3) is 0 Å². The van der Waals surface area contributed by atoms with Gasteiger partial charge in [0.25, 0.3) is 5.91 Å². The SMILES string of the molecule is O=C(c1ccc(COc2ccc(F)cc2)o1)N1CCOc2ccccc21. The smallest absolute Gasteiger partial charge is 0.294 e. The Kier molecular flexibility index (Phi) is 4.31. The maximum atomic E-state index is 12.9. The van der Waals surface area contributed by atoms with Crippen molar-refractivity contribution in [1.82, 2.24) is 0 Å². The predicted molar refractivity (Wildman–Crippen MR) is 93.1 cm³/mol. The van der Waals surface area contributed by atoms with Crippen molar-refractivity contribution in [2.24, 2.45) is 0 Å². The number of hydrogen-bond donors (Lipinski definition) is 0. The number of benzene rings is 2. The lowest BCUT2D eigenvalue weighted by Crippen LogP contribution is -2.37. The van der Waals surface area contributed by atoms with Gasteiger partial charge in [-0.1, -0.05) is 12.1 Å². The Morgan fingerprint density at radius 1 is 1.08 bits per heavy atom. The molecule has 1 aromatic heterocycles. The minimum Gasteiger partial charge on any atom is -0.490 e. The third kappa shape index (κ3) is 3.26. The largest absolute Gasteiger partial charge is 0.490 e. The van der Waals surface area contributed by atoms with Crippen LogP contribution in [0.1, 0.15) is 16.3 Å². The van der Waals surface area contributed by atoms with E-state index in [0.29, 0.717) is 30.4 Å². The fourth-order valence-corrected chi connectivity index (χ4v) is 2.77. The summed E-state index contributed by atoms with van der Waals surface area (Å²) >= 11 is 0. The van der Waals surface area contributed by atoms with Crippen molar-refractivity contribution in [2.45, 2.75) is 6.61 Å². The third-order valence-electron chi connectivity index (χ3n) is 4.04. The van der Waals surface area contributed by atoms with E-state index in [1.54, 1.807) is 17.0 Å². The molecule has 132 valence electrons. The van der Waals surface area contributed by atoms with Crippen LogP contribution in [0.2, 0.25) is 0 Å². The van der Waals surface area contributed by atoms with Gasteiger partial charge in [0, 0.05) is 0 Å². The molecule has 0 radical (unpaired) electrons. The van der Waals surface area contributed by atoms with Crippen LogP contribution in [-0.4, -0.2) is 19.1 Å². The fraction of sp³-hybridized carbons (Fsp3) is 0.150. The molecule has 1 aliphatic heterocycles. The summed E-state index contributed by atoms with van der Waals surface area (Å²) in [7, 11) is 0. The number of fused-ring (bicyclic) bond motifs is 1. The third-order valence-corrected chi connectivity index (χ3v) is 4.04. The van der Waals surface area contributed by atoms with Crippen LogP contribution < -0.4 is 14.4 Å². The molecule has 3 aromatic rings. The summed E-state index contributed by atoms with van der Waals surface area (Å²) in [6, 6.07) is 16.4. The summed E-state index contributed by atoms with van der Waals surface area (Å²) in [4.78, 5) is 14.4. The van der Waals surface area contributed by atoms with Crippen LogP contribution in [0.4, 0.5) is 10.1 Å². The topological polar surface area (TPSA) is 51.9 Å². The highest BCUT2D eigenvalue weighted by Crippen LogP contribution is 2.32. The van der Waals surface area contributed by atoms with Crippen LogP contribution in [0.5, 0.6) is 11.5 Å². The summed E-state index contributed by atoms with van der Waals surface area (Å²) in [6.07, 6.45) is 0. The molecule has 2 heterocycles. The van der Waals surface area contributed by atoms with Crippen LogP contribution in [-0.2, 0) is 6.61 Å². The second-order valence-corrected chi connectivity index (χ2v) is 5.78. The highest BCUT2D eigenvalue weighted by atomic mass is 19.1. The molecule has 0 N–H and O–H groups in total. The maximum Gasteiger partial charge on any atom is 0.294 e. The van der Waals surface area contributed by atoms with Crippen LogP contribution in [0, 0.1) is 5.82 Å². The minimum atomic E-state index is -0.325. The van der Waals surface area contributed by atoms with E-state index in [-0.39, 0.29) is 24.1 Å². The Balaban J connectivity index is 1.46. The number of rotatable bonds is 4. The molecular formula is C20H16FNO4. The van der Waals surface area contributed by atoms with E-state index in [2.05, 4.69) is 0 Å². The number of anilines is 1. The van der Waals surface area contributed by atoms with Gasteiger partial charge < -0.3 is 13.9 Å². The van der Waals surface area contributed by atoms with Gasteiger partial charge >= 0.3 is 0 Å². The molecule has 1 amide bonds. The van der Waals surface area contributed by atoms with E-state index in [1.165, 1.54) is 24.3 Å². The molecule has 0 unspecified atom stereocenters. The fourth-order valence-electron chi connectivity index (χ4n) is 2.77. The van der Waals surface area contributed by atoms with Crippen LogP contribution in [0.3, 0.4) is 0 Å². The highest BCUT2D eigenvalue weighted by Gasteiger charge is 2.26. The Labute approximate surface area is 149 Å². The first-order chi connectivity index (χ1) is 12.7. The Morgan fingerprint density at radius 2 is 1.88 bits per heavy atom. The number of halogens is 1. The van der Waals surface area contributed by atoms with Crippen molar-refractivity contribution in [3.8, 4) is 11.5 Å². The number of carbonyl (C=O) groups is 1. The summed E-state index contributed by atoms with van der Waals surface area (Å²) in [5.74, 6) is 1.40. The minimum absolute atomic E-state index is 0.151. The van der Waals surface area contributed by atoms with Crippen LogP contribution >= 0.6 is 0 Å². The van der Waals surface area contributed by atoms with Gasteiger partial charge in [0.15, 0.2) is 5.76 Å². The van der Waals surface area contributed by atoms with E-state index < -0.39 is 0 Å². The lowest BCUT2D eigenvalue weighted by atomic mass is 10.2. The standard InChI is InChI=1S/C20H16FNO4/c21-14-5-7-15(8-6-14)25-13-16-9-10-19(26-16)20(23)22-11-12-24-18-4-2-1-3-17(18)22/h1-10H,11-13H2. The molecule has 6 heteroatoms. The monoisotopic (exact) mass is 353 g/mol. The molecule has 1 aliphatic rings. The molecule has 0 spiro atoms. The molecule has 26 heavy (non-hydrogen) atoms. The molecule has 0 fully saturated rings. The summed E-state index contributed by atoms with van der Waals surface area (Å²) in [6.45, 7) is 1.04. The average molecular weight is 353 g/mol. The molecule has 5 nitrogen and oxygen atoms in total. The van der Waals surface area contributed by atoms with Gasteiger partial charge in [-0.15, -0.1) is 0 Å². The number of ether oxygens (including phenoxy) is 2. The number of para-hydroxylation sites is 2. The molecule has 2 aromatic carbocycles. The molecule has 0 aliphatic carbocycles. The summed E-state index contributed by atoms with van der Waals surface area (Å²) < 4.78 is 29.6. The summed E-state index contributed by atoms with van der Waals surface area (Å²) in [5, 5.41) is 0. The van der Waals surface area contributed by atoms with Gasteiger partial charge in [-0.2, -0.15) is 0 Å². The Hall–Kier alpha value is -3.28.